The van der Waals surface area contributed by atoms with E-state index in [1.807, 2.05) is 0 Å². The van der Waals surface area contributed by atoms with Gasteiger partial charge in [-0.05, 0) is 136 Å². The van der Waals surface area contributed by atoms with E-state index in [1.54, 1.807) is 0 Å². The number of hydrogen-bond acceptors (Lipinski definition) is 6. The fraction of sp³-hybridized carbons (Fsp3) is 1.00. The van der Waals surface area contributed by atoms with E-state index >= 15 is 0 Å². The van der Waals surface area contributed by atoms with Crippen LogP contribution in [0.3, 0.4) is 0 Å². The van der Waals surface area contributed by atoms with Gasteiger partial charge in [0.25, 0.3) is 6.55 Å². The SMILES string of the molecule is CC(C)CB1O[C@@H]2C[C@@H]3C[C@@H](C3(C)C)[C@]2(C)O1.CC(C)C[B-]1(C(Cl)Cl)O[C@@H]2C[C@@H]3C[C@@H](C3(C)C)[C@]2(C)O1.CC(C)C[C@@H](Cl)B1O[C@@H]2C[C@@H]3C[C@@H](C3(C)C)[C@]2(C)O1.ClCCl.[Li+]. The van der Waals surface area contributed by atoms with Crippen LogP contribution < -0.4 is 18.9 Å². The van der Waals surface area contributed by atoms with Crippen LogP contribution in [0.4, 0.5) is 0 Å². The summed E-state index contributed by atoms with van der Waals surface area (Å²) >= 11 is 28.6. The molecule has 12 rings (SSSR count). The summed E-state index contributed by atoms with van der Waals surface area (Å²) in [7, 11) is -0.172. The van der Waals surface area contributed by atoms with Gasteiger partial charge in [-0.15, -0.1) is 64.3 Å². The molecule has 0 aromatic carbocycles. The molecule has 6 bridgehead atoms. The molecule has 3 saturated heterocycles. The van der Waals surface area contributed by atoms with Crippen molar-refractivity contribution < 1.29 is 46.8 Å². The zero-order chi connectivity index (χ0) is 44.1. The molecule has 0 N–H and O–H groups in total. The molecule has 0 aromatic heterocycles. The normalized spacial score (nSPS) is 44.3. The smallest absolute Gasteiger partial charge is 0.562 e. The largest absolute Gasteiger partial charge is 1.00 e. The number of rotatable bonds is 8. The minimum Gasteiger partial charge on any atom is -0.562 e. The summed E-state index contributed by atoms with van der Waals surface area (Å²) in [6.07, 6.45) is 10.9. The van der Waals surface area contributed by atoms with Gasteiger partial charge < -0.3 is 27.9 Å². The van der Waals surface area contributed by atoms with E-state index in [0.717, 1.165) is 49.7 Å². The van der Waals surface area contributed by atoms with Crippen LogP contribution in [0.1, 0.15) is 149 Å². The molecule has 12 aliphatic rings. The van der Waals surface area contributed by atoms with Crippen molar-refractivity contribution in [3.63, 3.8) is 0 Å². The Morgan fingerprint density at radius 3 is 1.43 bits per heavy atom. The van der Waals surface area contributed by atoms with Crippen molar-refractivity contribution in [2.45, 2.75) is 207 Å². The molecule has 3 heterocycles. The van der Waals surface area contributed by atoms with Gasteiger partial charge in [-0.2, -0.15) is 0 Å². The van der Waals surface area contributed by atoms with Crippen LogP contribution in [0.15, 0.2) is 0 Å². The Morgan fingerprint density at radius 2 is 1.02 bits per heavy atom. The topological polar surface area (TPSA) is 55.4 Å². The quantitative estimate of drug-likeness (QED) is 0.179. The van der Waals surface area contributed by atoms with Gasteiger partial charge in [0, 0.05) is 16.4 Å². The summed E-state index contributed by atoms with van der Waals surface area (Å²) < 4.78 is 37.4. The van der Waals surface area contributed by atoms with Crippen molar-refractivity contribution in [3.05, 3.63) is 0 Å². The average molecular weight is 933 g/mol. The second-order valence-corrected chi connectivity index (χ2v) is 26.5. The molecule has 0 aromatic rings. The van der Waals surface area contributed by atoms with Crippen LogP contribution in [0.5, 0.6) is 0 Å². The van der Waals surface area contributed by atoms with Crippen LogP contribution in [0.2, 0.25) is 12.6 Å². The van der Waals surface area contributed by atoms with Crippen LogP contribution in [0.25, 0.3) is 0 Å². The average Bonchev–Trinajstić information content (AvgIpc) is 3.74. The minimum absolute atomic E-state index is 0. The standard InChI is InChI=1S/C15H26BCl2O2.C15H26BClO2.C14H25BO2.CH2Cl2.Li/c1-9(2)8-16(13(17)18)19-12-7-10-6-11(14(10,3)4)15(12,5)20-16;1-9(2)6-13(17)16-18-12-8-10-7-11(14(10,3)4)15(12,5)19-16;1-9(2)8-15-16-12-7-10-6-11(13(10,3)4)14(12,5)17-15;2-1-3;/h9-13H,6-8H2,1-5H3;9-13H,6-8H2,1-5H3;9-12H,6-8H2,1-5H3;1H2;/q-1;;;;+1/t10-,11-,12+,15-,16?;10-,11-,12+,13+,15-;10-,11-,12+,14-;;/m000../s1. The van der Waals surface area contributed by atoms with Crippen molar-refractivity contribution in [1.82, 2.24) is 0 Å². The Balaban J connectivity index is 0.000000164. The Bertz CT molecular complexity index is 1480. The van der Waals surface area contributed by atoms with Gasteiger partial charge in [-0.1, -0.05) is 89.0 Å². The maximum atomic E-state index is 6.57. The van der Waals surface area contributed by atoms with Gasteiger partial charge in [0.1, 0.15) is 0 Å². The van der Waals surface area contributed by atoms with Gasteiger partial charge in [-0.25, -0.2) is 0 Å². The first-order valence-electron chi connectivity index (χ1n) is 23.4. The molecule has 0 spiro atoms. The van der Waals surface area contributed by atoms with Gasteiger partial charge >= 0.3 is 33.1 Å². The predicted molar refractivity (Wildman–Crippen MR) is 251 cm³/mol. The first-order valence-corrected chi connectivity index (χ1v) is 25.7. The van der Waals surface area contributed by atoms with E-state index in [4.69, 9.17) is 85.9 Å². The van der Waals surface area contributed by atoms with Crippen molar-refractivity contribution in [2.24, 2.45) is 69.5 Å². The Hall–Kier alpha value is 2.00. The molecule has 14 atom stereocenters. The van der Waals surface area contributed by atoms with Crippen LogP contribution >= 0.6 is 58.0 Å². The third-order valence-electron chi connectivity index (χ3n) is 18.0. The molecule has 60 heavy (non-hydrogen) atoms. The first kappa shape index (κ1) is 53.0. The fourth-order valence-electron chi connectivity index (χ4n) is 14.2. The number of hydrogen-bond donors (Lipinski definition) is 0. The minimum atomic E-state index is -1.59. The predicted octanol–water partition coefficient (Wildman–Crippen LogP) is 10.4. The molecule has 15 heteroatoms. The number of halogens is 5. The third kappa shape index (κ3) is 9.28. The Kier molecular flexibility index (Phi) is 16.6. The Morgan fingerprint density at radius 1 is 0.583 bits per heavy atom. The van der Waals surface area contributed by atoms with Gasteiger partial charge in [0.05, 0.1) is 34.0 Å². The van der Waals surface area contributed by atoms with Gasteiger partial charge in [0.15, 0.2) is 0 Å². The van der Waals surface area contributed by atoms with E-state index in [1.165, 1.54) is 25.7 Å². The second kappa shape index (κ2) is 18.8. The van der Waals surface area contributed by atoms with Crippen LogP contribution in [0, 0.1) is 69.5 Å². The summed E-state index contributed by atoms with van der Waals surface area (Å²) in [5.74, 6) is 5.96. The van der Waals surface area contributed by atoms with Crippen LogP contribution in [-0.2, 0) is 27.9 Å². The summed E-state index contributed by atoms with van der Waals surface area (Å²) in [5, 5.41) is 0.169. The fourth-order valence-corrected chi connectivity index (χ4v) is 15.1. The molecule has 3 aliphatic heterocycles. The molecule has 12 fully saturated rings. The summed E-state index contributed by atoms with van der Waals surface area (Å²) in [6, 6.07) is 0. The molecule has 6 nitrogen and oxygen atoms in total. The van der Waals surface area contributed by atoms with E-state index in [0.29, 0.717) is 57.9 Å². The van der Waals surface area contributed by atoms with Gasteiger partial charge in [0.2, 0.25) is 0 Å². The Labute approximate surface area is 404 Å². The molecule has 1 unspecified atom stereocenters. The zero-order valence-corrected chi connectivity index (χ0v) is 44.0. The summed E-state index contributed by atoms with van der Waals surface area (Å²) in [4.78, 5) is 0. The van der Waals surface area contributed by atoms with Crippen molar-refractivity contribution >= 4 is 78.8 Å². The molecule has 9 aliphatic carbocycles. The van der Waals surface area contributed by atoms with Gasteiger partial charge in [-0.3, -0.25) is 0 Å². The van der Waals surface area contributed by atoms with Crippen LogP contribution in [-0.4, -0.2) is 71.3 Å². The second-order valence-electron chi connectivity index (χ2n) is 24.0. The molecule has 0 amide bonds. The molecular formula is C45H79B3Cl5LiO6. The molecule has 9 saturated carbocycles. The maximum absolute atomic E-state index is 6.57. The van der Waals surface area contributed by atoms with E-state index < -0.39 is 11.3 Å². The van der Waals surface area contributed by atoms with E-state index in [9.17, 15) is 0 Å². The van der Waals surface area contributed by atoms with Crippen molar-refractivity contribution in [2.75, 3.05) is 5.34 Å². The van der Waals surface area contributed by atoms with E-state index in [-0.39, 0.29) is 72.7 Å². The first-order chi connectivity index (χ1) is 27.1. The third-order valence-corrected chi connectivity index (χ3v) is 19.1. The summed E-state index contributed by atoms with van der Waals surface area (Å²) in [5.41, 5.74) is 0.872. The summed E-state index contributed by atoms with van der Waals surface area (Å²) in [6.45, 7) is 32.7. The molecular weight excluding hydrogens is 853 g/mol. The van der Waals surface area contributed by atoms with Crippen molar-refractivity contribution in [3.8, 4) is 0 Å². The zero-order valence-electron chi connectivity index (χ0n) is 40.2. The molecule has 340 valence electrons. The molecule has 0 radical (unpaired) electrons. The van der Waals surface area contributed by atoms with E-state index in [2.05, 4.69) is 104 Å². The number of alkyl halides is 5. The van der Waals surface area contributed by atoms with Crippen molar-refractivity contribution in [1.29, 1.82) is 0 Å². The maximum Gasteiger partial charge on any atom is 1.00 e. The monoisotopic (exact) mass is 930 g/mol.